The van der Waals surface area contributed by atoms with Gasteiger partial charge in [0.25, 0.3) is 5.91 Å². The van der Waals surface area contributed by atoms with Crippen LogP contribution in [0.25, 0.3) is 11.3 Å². The molecule has 196 valence electrons. The smallest absolute Gasteiger partial charge is 0.338 e. The minimum Gasteiger partial charge on any atom is -0.497 e. The van der Waals surface area contributed by atoms with Gasteiger partial charge in [0, 0.05) is 24.0 Å². The number of nitrogens with one attached hydrogen (secondary N) is 1. The molecular formula is C25H26ClN3O6S2. The molecule has 37 heavy (non-hydrogen) atoms. The second-order valence-corrected chi connectivity index (χ2v) is 11.5. The Hall–Kier alpha value is -2.99. The lowest BCUT2D eigenvalue weighted by Crippen LogP contribution is -2.32. The molecule has 1 amide bonds. The van der Waals surface area contributed by atoms with Gasteiger partial charge in [-0.25, -0.2) is 18.2 Å². The molecule has 0 saturated carbocycles. The number of halogens is 1. The molecule has 12 heteroatoms. The number of hydrogen-bond acceptors (Lipinski definition) is 8. The molecule has 4 rings (SSSR count). The number of carbonyl (C=O) groups is 2. The maximum atomic E-state index is 13.2. The number of methoxy groups -OCH3 is 1. The predicted molar refractivity (Wildman–Crippen MR) is 142 cm³/mol. The fourth-order valence-corrected chi connectivity index (χ4v) is 6.60. The lowest BCUT2D eigenvalue weighted by atomic mass is 10.2. The van der Waals surface area contributed by atoms with Crippen LogP contribution in [0.15, 0.2) is 52.7 Å². The van der Waals surface area contributed by atoms with E-state index in [1.54, 1.807) is 12.5 Å². The maximum Gasteiger partial charge on any atom is 0.338 e. The largest absolute Gasteiger partial charge is 0.497 e. The van der Waals surface area contributed by atoms with Crippen molar-refractivity contribution in [3.63, 3.8) is 0 Å². The first kappa shape index (κ1) is 27.1. The van der Waals surface area contributed by atoms with Crippen molar-refractivity contribution in [2.45, 2.75) is 30.6 Å². The molecule has 1 aliphatic heterocycles. The molecule has 1 N–H and O–H groups in total. The fraction of sp³-hybridized carbons (Fsp3) is 0.320. The minimum absolute atomic E-state index is 0.0124. The summed E-state index contributed by atoms with van der Waals surface area (Å²) in [7, 11) is -2.28. The topological polar surface area (TPSA) is 115 Å². The van der Waals surface area contributed by atoms with Crippen molar-refractivity contribution in [3.8, 4) is 17.0 Å². The van der Waals surface area contributed by atoms with Crippen LogP contribution in [0.2, 0.25) is 5.02 Å². The molecule has 1 saturated heterocycles. The van der Waals surface area contributed by atoms with E-state index >= 15 is 0 Å². The summed E-state index contributed by atoms with van der Waals surface area (Å²) in [5.74, 6) is -0.686. The number of carbonyl (C=O) groups excluding carboxylic acids is 2. The Balaban J connectivity index is 1.37. The number of nitrogens with zero attached hydrogens (tertiary/aromatic N) is 2. The summed E-state index contributed by atoms with van der Waals surface area (Å²) in [4.78, 5) is 29.2. The first-order valence-corrected chi connectivity index (χ1v) is 14.3. The molecular weight excluding hydrogens is 538 g/mol. The Kier molecular flexibility index (Phi) is 8.80. The SMILES string of the molecule is COc1ccc(-c2csc(NC(=O)COC(=O)c3ccc(Cl)c(S(=O)(=O)N4CCCCCC4)c3)n2)cc1. The van der Waals surface area contributed by atoms with Crippen LogP contribution < -0.4 is 10.1 Å². The normalized spacial score (nSPS) is 14.5. The molecule has 0 radical (unpaired) electrons. The van der Waals surface area contributed by atoms with Crippen LogP contribution in [-0.2, 0) is 19.6 Å². The first-order chi connectivity index (χ1) is 17.8. The van der Waals surface area contributed by atoms with Crippen LogP contribution in [-0.4, -0.2) is 56.4 Å². The molecule has 0 spiro atoms. The van der Waals surface area contributed by atoms with Gasteiger partial charge in [0.05, 0.1) is 23.4 Å². The van der Waals surface area contributed by atoms with Crippen molar-refractivity contribution in [2.24, 2.45) is 0 Å². The Bertz CT molecular complexity index is 1370. The maximum absolute atomic E-state index is 13.2. The molecule has 0 aliphatic carbocycles. The number of benzene rings is 2. The van der Waals surface area contributed by atoms with Gasteiger partial charge in [0.15, 0.2) is 11.7 Å². The summed E-state index contributed by atoms with van der Waals surface area (Å²) in [6.45, 7) is 0.252. The number of sulfonamides is 1. The summed E-state index contributed by atoms with van der Waals surface area (Å²) >= 11 is 7.42. The number of amides is 1. The van der Waals surface area contributed by atoms with Gasteiger partial charge in [-0.1, -0.05) is 24.4 Å². The van der Waals surface area contributed by atoms with Crippen molar-refractivity contribution < 1.29 is 27.5 Å². The van der Waals surface area contributed by atoms with Gasteiger partial charge in [0.2, 0.25) is 10.0 Å². The van der Waals surface area contributed by atoms with Crippen LogP contribution in [0.4, 0.5) is 5.13 Å². The van der Waals surface area contributed by atoms with E-state index in [0.29, 0.717) is 23.9 Å². The second-order valence-electron chi connectivity index (χ2n) is 8.35. The molecule has 2 heterocycles. The number of rotatable bonds is 8. The Morgan fingerprint density at radius 2 is 1.78 bits per heavy atom. The van der Waals surface area contributed by atoms with Crippen LogP contribution in [0.1, 0.15) is 36.0 Å². The van der Waals surface area contributed by atoms with Gasteiger partial charge in [0.1, 0.15) is 10.6 Å². The van der Waals surface area contributed by atoms with E-state index in [4.69, 9.17) is 21.1 Å². The number of ether oxygens (including phenoxy) is 2. The van der Waals surface area contributed by atoms with Crippen LogP contribution in [0.3, 0.4) is 0 Å². The molecule has 1 aromatic heterocycles. The fourth-order valence-electron chi connectivity index (χ4n) is 3.84. The van der Waals surface area contributed by atoms with Gasteiger partial charge < -0.3 is 9.47 Å². The molecule has 0 unspecified atom stereocenters. The van der Waals surface area contributed by atoms with Crippen molar-refractivity contribution in [1.82, 2.24) is 9.29 Å². The van der Waals surface area contributed by atoms with E-state index in [1.165, 1.54) is 33.8 Å². The summed E-state index contributed by atoms with van der Waals surface area (Å²) in [5, 5.41) is 4.77. The quantitative estimate of drug-likeness (QED) is 0.390. The highest BCUT2D eigenvalue weighted by molar-refractivity contribution is 7.89. The molecule has 0 atom stereocenters. The summed E-state index contributed by atoms with van der Waals surface area (Å²) < 4.78 is 38.0. The number of hydrogen-bond donors (Lipinski definition) is 1. The Labute approximate surface area is 224 Å². The third kappa shape index (κ3) is 6.67. The molecule has 0 bridgehead atoms. The first-order valence-electron chi connectivity index (χ1n) is 11.6. The molecule has 3 aromatic rings. The lowest BCUT2D eigenvalue weighted by molar-refractivity contribution is -0.119. The second kappa shape index (κ2) is 12.0. The van der Waals surface area contributed by atoms with E-state index in [0.717, 1.165) is 37.0 Å². The van der Waals surface area contributed by atoms with Crippen LogP contribution in [0, 0.1) is 0 Å². The summed E-state index contributed by atoms with van der Waals surface area (Å²) in [5.41, 5.74) is 1.53. The number of thiazole rings is 1. The van der Waals surface area contributed by atoms with Gasteiger partial charge in [-0.2, -0.15) is 4.31 Å². The lowest BCUT2D eigenvalue weighted by Gasteiger charge is -2.21. The highest BCUT2D eigenvalue weighted by atomic mass is 35.5. The van der Waals surface area contributed by atoms with E-state index in [2.05, 4.69) is 10.3 Å². The third-order valence-corrected chi connectivity index (χ3v) is 8.96. The molecule has 1 fully saturated rings. The van der Waals surface area contributed by atoms with E-state index in [-0.39, 0.29) is 15.5 Å². The van der Waals surface area contributed by atoms with Gasteiger partial charge in [-0.05, 0) is 55.3 Å². The number of anilines is 1. The van der Waals surface area contributed by atoms with Crippen molar-refractivity contribution >= 4 is 50.0 Å². The molecule has 9 nitrogen and oxygen atoms in total. The van der Waals surface area contributed by atoms with Gasteiger partial charge in [-0.3, -0.25) is 10.1 Å². The number of aromatic nitrogens is 1. The van der Waals surface area contributed by atoms with Gasteiger partial charge in [-0.15, -0.1) is 11.3 Å². The summed E-state index contributed by atoms with van der Waals surface area (Å²) in [6.07, 6.45) is 3.48. The van der Waals surface area contributed by atoms with Gasteiger partial charge >= 0.3 is 5.97 Å². The number of esters is 1. The zero-order valence-corrected chi connectivity index (χ0v) is 22.5. The van der Waals surface area contributed by atoms with E-state index in [1.807, 2.05) is 24.3 Å². The van der Waals surface area contributed by atoms with E-state index < -0.39 is 28.5 Å². The van der Waals surface area contributed by atoms with Crippen LogP contribution in [0.5, 0.6) is 5.75 Å². The minimum atomic E-state index is -3.87. The average molecular weight is 564 g/mol. The van der Waals surface area contributed by atoms with Crippen molar-refractivity contribution in [3.05, 3.63) is 58.4 Å². The Morgan fingerprint density at radius 1 is 1.08 bits per heavy atom. The van der Waals surface area contributed by atoms with Crippen molar-refractivity contribution in [1.29, 1.82) is 0 Å². The highest BCUT2D eigenvalue weighted by Gasteiger charge is 2.28. The zero-order valence-electron chi connectivity index (χ0n) is 20.1. The average Bonchev–Trinajstić information content (AvgIpc) is 3.17. The highest BCUT2D eigenvalue weighted by Crippen LogP contribution is 2.29. The van der Waals surface area contributed by atoms with Crippen LogP contribution >= 0.6 is 22.9 Å². The molecule has 1 aliphatic rings. The standard InChI is InChI=1S/C25H26ClN3O6S2/c1-34-19-9-6-17(7-10-19)21-16-36-25(27-21)28-23(30)15-35-24(31)18-8-11-20(26)22(14-18)37(32,33)29-12-4-2-3-5-13-29/h6-11,14,16H,2-5,12-13,15H2,1H3,(H,27,28,30). The molecule has 2 aromatic carbocycles. The van der Waals surface area contributed by atoms with Crippen molar-refractivity contribution in [2.75, 3.05) is 32.1 Å². The summed E-state index contributed by atoms with van der Waals surface area (Å²) in [6, 6.07) is 11.3. The monoisotopic (exact) mass is 563 g/mol. The Morgan fingerprint density at radius 3 is 2.46 bits per heavy atom. The zero-order chi connectivity index (χ0) is 26.4. The third-order valence-electron chi connectivity index (χ3n) is 5.82. The predicted octanol–water partition coefficient (Wildman–Crippen LogP) is 4.83. The van der Waals surface area contributed by atoms with E-state index in [9.17, 15) is 18.0 Å².